The molecule has 0 amide bonds. The molecule has 4 nitrogen and oxygen atoms in total. The van der Waals surface area contributed by atoms with Crippen LogP contribution < -0.4 is 10.1 Å². The summed E-state index contributed by atoms with van der Waals surface area (Å²) in [6.45, 7) is 7.12. The number of rotatable bonds is 4. The lowest BCUT2D eigenvalue weighted by atomic mass is 9.96. The number of nitrogens with zero attached hydrogens (tertiary/aromatic N) is 2. The van der Waals surface area contributed by atoms with Gasteiger partial charge >= 0.3 is 0 Å². The molecule has 19 heavy (non-hydrogen) atoms. The highest BCUT2D eigenvalue weighted by Gasteiger charge is 2.20. The van der Waals surface area contributed by atoms with Crippen LogP contribution in [0.1, 0.15) is 52.3 Å². The van der Waals surface area contributed by atoms with E-state index in [0.717, 1.165) is 18.2 Å². The van der Waals surface area contributed by atoms with E-state index in [1.54, 1.807) is 0 Å². The van der Waals surface area contributed by atoms with Gasteiger partial charge in [-0.1, -0.05) is 33.6 Å². The van der Waals surface area contributed by atoms with Gasteiger partial charge in [0.2, 0.25) is 5.88 Å². The number of ether oxygens (including phenoxy) is 1. The Morgan fingerprint density at radius 3 is 2.53 bits per heavy atom. The van der Waals surface area contributed by atoms with Gasteiger partial charge < -0.3 is 10.1 Å². The molecule has 106 valence electrons. The maximum atomic E-state index is 5.88. The summed E-state index contributed by atoms with van der Waals surface area (Å²) in [5.74, 6) is 3.03. The van der Waals surface area contributed by atoms with Gasteiger partial charge in [0.25, 0.3) is 0 Å². The summed E-state index contributed by atoms with van der Waals surface area (Å²) in [5, 5.41) is 3.08. The van der Waals surface area contributed by atoms with Crippen LogP contribution in [0.5, 0.6) is 5.88 Å². The second-order valence-electron chi connectivity index (χ2n) is 6.38. The first-order valence-corrected chi connectivity index (χ1v) is 7.19. The number of aromatic nitrogens is 2. The minimum Gasteiger partial charge on any atom is -0.477 e. The number of nitrogens with one attached hydrogen (secondary N) is 1. The first-order chi connectivity index (χ1) is 8.99. The normalized spacial score (nSPS) is 16.6. The third-order valence-electron chi connectivity index (χ3n) is 3.57. The van der Waals surface area contributed by atoms with E-state index in [2.05, 4.69) is 36.1 Å². The molecule has 0 unspecified atom stereocenters. The molecule has 1 aliphatic rings. The molecular weight excluding hydrogens is 238 g/mol. The summed E-state index contributed by atoms with van der Waals surface area (Å²) < 4.78 is 5.88. The highest BCUT2D eigenvalue weighted by Crippen LogP contribution is 2.27. The Morgan fingerprint density at radius 2 is 1.95 bits per heavy atom. The van der Waals surface area contributed by atoms with Crippen molar-refractivity contribution in [3.63, 3.8) is 0 Å². The average Bonchev–Trinajstić information content (AvgIpc) is 2.88. The van der Waals surface area contributed by atoms with Crippen LogP contribution in [0.4, 0.5) is 5.82 Å². The van der Waals surface area contributed by atoms with Crippen LogP contribution in [0.3, 0.4) is 0 Å². The van der Waals surface area contributed by atoms with Crippen LogP contribution >= 0.6 is 0 Å². The molecule has 1 saturated carbocycles. The quantitative estimate of drug-likeness (QED) is 0.904. The van der Waals surface area contributed by atoms with E-state index in [1.165, 1.54) is 25.7 Å². The van der Waals surface area contributed by atoms with Gasteiger partial charge in [-0.3, -0.25) is 0 Å². The molecular formula is C15H25N3O. The van der Waals surface area contributed by atoms with Crippen LogP contribution in [-0.4, -0.2) is 23.6 Å². The molecule has 1 aromatic heterocycles. The lowest BCUT2D eigenvalue weighted by Gasteiger charge is -2.19. The monoisotopic (exact) mass is 263 g/mol. The van der Waals surface area contributed by atoms with Gasteiger partial charge in [0.1, 0.15) is 11.6 Å². The molecule has 0 radical (unpaired) electrons. The Hall–Kier alpha value is -1.32. The van der Waals surface area contributed by atoms with Gasteiger partial charge in [-0.2, -0.15) is 4.98 Å². The van der Waals surface area contributed by atoms with E-state index in [-0.39, 0.29) is 5.41 Å². The summed E-state index contributed by atoms with van der Waals surface area (Å²) in [6, 6.07) is 1.88. The average molecular weight is 263 g/mol. The Balaban J connectivity index is 2.10. The fraction of sp³-hybridized carbons (Fsp3) is 0.733. The van der Waals surface area contributed by atoms with E-state index in [4.69, 9.17) is 4.74 Å². The van der Waals surface area contributed by atoms with Crippen molar-refractivity contribution in [2.24, 2.45) is 5.92 Å². The predicted octanol–water partition coefficient (Wildman–Crippen LogP) is 3.38. The molecule has 4 heteroatoms. The maximum Gasteiger partial charge on any atom is 0.218 e. The van der Waals surface area contributed by atoms with E-state index in [0.29, 0.717) is 11.8 Å². The van der Waals surface area contributed by atoms with Crippen LogP contribution in [-0.2, 0) is 5.41 Å². The Morgan fingerprint density at radius 1 is 1.26 bits per heavy atom. The molecule has 0 atom stereocenters. The highest BCUT2D eigenvalue weighted by molar-refractivity contribution is 5.38. The topological polar surface area (TPSA) is 47.0 Å². The van der Waals surface area contributed by atoms with Gasteiger partial charge in [0, 0.05) is 18.5 Å². The molecule has 1 fully saturated rings. The van der Waals surface area contributed by atoms with Crippen molar-refractivity contribution < 1.29 is 4.74 Å². The molecule has 0 aromatic carbocycles. The minimum atomic E-state index is -0.0711. The molecule has 1 N–H and O–H groups in total. The van der Waals surface area contributed by atoms with Gasteiger partial charge in [0.05, 0.1) is 6.61 Å². The fourth-order valence-corrected chi connectivity index (χ4v) is 2.34. The zero-order valence-corrected chi connectivity index (χ0v) is 12.5. The second-order valence-corrected chi connectivity index (χ2v) is 6.38. The van der Waals surface area contributed by atoms with E-state index in [1.807, 2.05) is 13.1 Å². The number of hydrogen-bond acceptors (Lipinski definition) is 4. The molecule has 0 aliphatic heterocycles. The van der Waals surface area contributed by atoms with Crippen molar-refractivity contribution >= 4 is 5.82 Å². The summed E-state index contributed by atoms with van der Waals surface area (Å²) in [4.78, 5) is 9.04. The van der Waals surface area contributed by atoms with Gasteiger partial charge in [-0.15, -0.1) is 0 Å². The van der Waals surface area contributed by atoms with Gasteiger partial charge in [-0.25, -0.2) is 4.98 Å². The molecule has 2 rings (SSSR count). The molecule has 0 spiro atoms. The van der Waals surface area contributed by atoms with Crippen LogP contribution in [0.15, 0.2) is 6.07 Å². The maximum absolute atomic E-state index is 5.88. The number of anilines is 1. The largest absolute Gasteiger partial charge is 0.477 e. The summed E-state index contributed by atoms with van der Waals surface area (Å²) in [7, 11) is 1.87. The van der Waals surface area contributed by atoms with Crippen LogP contribution in [0.2, 0.25) is 0 Å². The molecule has 1 aliphatic carbocycles. The molecule has 0 bridgehead atoms. The smallest absolute Gasteiger partial charge is 0.218 e. The summed E-state index contributed by atoms with van der Waals surface area (Å²) in [5.41, 5.74) is -0.0711. The zero-order valence-electron chi connectivity index (χ0n) is 12.5. The van der Waals surface area contributed by atoms with Crippen molar-refractivity contribution in [2.75, 3.05) is 19.0 Å². The third-order valence-corrected chi connectivity index (χ3v) is 3.57. The number of hydrogen-bond donors (Lipinski definition) is 1. The first-order valence-electron chi connectivity index (χ1n) is 7.19. The van der Waals surface area contributed by atoms with Gasteiger partial charge in [-0.05, 0) is 18.8 Å². The van der Waals surface area contributed by atoms with Crippen molar-refractivity contribution in [2.45, 2.75) is 51.9 Å². The lowest BCUT2D eigenvalue weighted by molar-refractivity contribution is 0.241. The third kappa shape index (κ3) is 3.82. The summed E-state index contributed by atoms with van der Waals surface area (Å²) >= 11 is 0. The minimum absolute atomic E-state index is 0.0711. The SMILES string of the molecule is CNc1cc(OCC2CCCC2)nc(C(C)(C)C)n1. The van der Waals surface area contributed by atoms with Crippen LogP contribution in [0.25, 0.3) is 0 Å². The van der Waals surface area contributed by atoms with E-state index < -0.39 is 0 Å². The van der Waals surface area contributed by atoms with E-state index >= 15 is 0 Å². The standard InChI is InChI=1S/C15H25N3O/c1-15(2,3)14-17-12(16-4)9-13(18-14)19-10-11-7-5-6-8-11/h9,11H,5-8,10H2,1-4H3,(H,16,17,18). The summed E-state index contributed by atoms with van der Waals surface area (Å²) in [6.07, 6.45) is 5.26. The second kappa shape index (κ2) is 5.76. The lowest BCUT2D eigenvalue weighted by Crippen LogP contribution is -2.18. The highest BCUT2D eigenvalue weighted by atomic mass is 16.5. The van der Waals surface area contributed by atoms with Crippen molar-refractivity contribution in [1.29, 1.82) is 0 Å². The molecule has 1 heterocycles. The fourth-order valence-electron chi connectivity index (χ4n) is 2.34. The Labute approximate surface area is 116 Å². The Bertz CT molecular complexity index is 420. The van der Waals surface area contributed by atoms with Crippen LogP contribution in [0, 0.1) is 5.92 Å². The van der Waals surface area contributed by atoms with E-state index in [9.17, 15) is 0 Å². The predicted molar refractivity (Wildman–Crippen MR) is 77.7 cm³/mol. The van der Waals surface area contributed by atoms with Crippen molar-refractivity contribution in [3.8, 4) is 5.88 Å². The zero-order chi connectivity index (χ0) is 13.9. The van der Waals surface area contributed by atoms with Crippen molar-refractivity contribution in [1.82, 2.24) is 9.97 Å². The van der Waals surface area contributed by atoms with Gasteiger partial charge in [0.15, 0.2) is 0 Å². The Kier molecular flexibility index (Phi) is 4.27. The molecule has 1 aromatic rings. The molecule has 0 saturated heterocycles. The first kappa shape index (κ1) is 14.1. The van der Waals surface area contributed by atoms with Crippen molar-refractivity contribution in [3.05, 3.63) is 11.9 Å².